The SMILES string of the molecule is CN(Cc1cnn(C)c1)C(=O)c1nn(-c2ccc(F)cc2)c2c1CCC2. The number of hydrogen-bond acceptors (Lipinski definition) is 3. The number of benzene rings is 1. The summed E-state index contributed by atoms with van der Waals surface area (Å²) >= 11 is 0. The van der Waals surface area contributed by atoms with Gasteiger partial charge in [0.05, 0.1) is 11.9 Å². The Kier molecular flexibility index (Phi) is 4.06. The monoisotopic (exact) mass is 353 g/mol. The molecular weight excluding hydrogens is 333 g/mol. The van der Waals surface area contributed by atoms with Crippen molar-refractivity contribution in [2.45, 2.75) is 25.8 Å². The highest BCUT2D eigenvalue weighted by Gasteiger charge is 2.28. The fourth-order valence-corrected chi connectivity index (χ4v) is 3.49. The van der Waals surface area contributed by atoms with Gasteiger partial charge in [-0.15, -0.1) is 0 Å². The van der Waals surface area contributed by atoms with E-state index in [0.717, 1.165) is 41.8 Å². The maximum absolute atomic E-state index is 13.2. The number of nitrogens with zero attached hydrogens (tertiary/aromatic N) is 5. The van der Waals surface area contributed by atoms with Crippen LogP contribution in [0.3, 0.4) is 0 Å². The highest BCUT2D eigenvalue weighted by atomic mass is 19.1. The summed E-state index contributed by atoms with van der Waals surface area (Å²) in [4.78, 5) is 14.6. The fourth-order valence-electron chi connectivity index (χ4n) is 3.49. The lowest BCUT2D eigenvalue weighted by Crippen LogP contribution is -2.27. The summed E-state index contributed by atoms with van der Waals surface area (Å²) < 4.78 is 16.7. The number of aryl methyl sites for hydroxylation is 1. The molecular formula is C19H20FN5O. The minimum absolute atomic E-state index is 0.104. The molecule has 1 aromatic carbocycles. The summed E-state index contributed by atoms with van der Waals surface area (Å²) in [5.74, 6) is -0.391. The lowest BCUT2D eigenvalue weighted by atomic mass is 10.2. The fraction of sp³-hybridized carbons (Fsp3) is 0.316. The molecule has 26 heavy (non-hydrogen) atoms. The second kappa shape index (κ2) is 6.40. The van der Waals surface area contributed by atoms with Gasteiger partial charge in [-0.1, -0.05) is 0 Å². The Balaban J connectivity index is 1.65. The Morgan fingerprint density at radius 2 is 2.04 bits per heavy atom. The van der Waals surface area contributed by atoms with E-state index in [9.17, 15) is 9.18 Å². The van der Waals surface area contributed by atoms with E-state index in [-0.39, 0.29) is 11.7 Å². The molecule has 0 atom stereocenters. The lowest BCUT2D eigenvalue weighted by Gasteiger charge is -2.15. The van der Waals surface area contributed by atoms with Gasteiger partial charge in [-0.3, -0.25) is 9.48 Å². The maximum Gasteiger partial charge on any atom is 0.274 e. The second-order valence-corrected chi connectivity index (χ2v) is 6.70. The van der Waals surface area contributed by atoms with Crippen LogP contribution in [0.2, 0.25) is 0 Å². The smallest absolute Gasteiger partial charge is 0.274 e. The van der Waals surface area contributed by atoms with Crippen LogP contribution in [0.15, 0.2) is 36.7 Å². The van der Waals surface area contributed by atoms with Crippen LogP contribution in [0.1, 0.15) is 33.7 Å². The number of halogens is 1. The predicted molar refractivity (Wildman–Crippen MR) is 94.6 cm³/mol. The largest absolute Gasteiger partial charge is 0.336 e. The van der Waals surface area contributed by atoms with Crippen LogP contribution < -0.4 is 0 Å². The first-order chi connectivity index (χ1) is 12.5. The minimum atomic E-state index is -0.287. The van der Waals surface area contributed by atoms with Crippen molar-refractivity contribution < 1.29 is 9.18 Å². The summed E-state index contributed by atoms with van der Waals surface area (Å²) in [5.41, 5.74) is 4.30. The van der Waals surface area contributed by atoms with Gasteiger partial charge >= 0.3 is 0 Å². The Morgan fingerprint density at radius 1 is 1.27 bits per heavy atom. The molecule has 3 aromatic rings. The van der Waals surface area contributed by atoms with Gasteiger partial charge in [0.1, 0.15) is 5.82 Å². The molecule has 0 unspecified atom stereocenters. The summed E-state index contributed by atoms with van der Waals surface area (Å²) in [7, 11) is 3.62. The van der Waals surface area contributed by atoms with E-state index in [1.54, 1.807) is 39.6 Å². The number of amides is 1. The van der Waals surface area contributed by atoms with Crippen molar-refractivity contribution in [3.63, 3.8) is 0 Å². The van der Waals surface area contributed by atoms with Gasteiger partial charge in [0.15, 0.2) is 5.69 Å². The standard InChI is InChI=1S/C19H20FN5O/c1-23(11-13-10-21-24(2)12-13)19(26)18-16-4-3-5-17(16)25(22-18)15-8-6-14(20)7-9-15/h6-10,12H,3-5,11H2,1-2H3. The first kappa shape index (κ1) is 16.5. The Morgan fingerprint density at radius 3 is 2.73 bits per heavy atom. The third kappa shape index (κ3) is 2.89. The third-order valence-electron chi connectivity index (χ3n) is 4.73. The summed E-state index contributed by atoms with van der Waals surface area (Å²) in [5, 5.41) is 8.72. The molecule has 6 nitrogen and oxygen atoms in total. The molecule has 2 heterocycles. The molecule has 1 aliphatic carbocycles. The first-order valence-electron chi connectivity index (χ1n) is 8.62. The van der Waals surface area contributed by atoms with Crippen LogP contribution in [0.5, 0.6) is 0 Å². The average molecular weight is 353 g/mol. The quantitative estimate of drug-likeness (QED) is 0.724. The topological polar surface area (TPSA) is 56.0 Å². The van der Waals surface area contributed by atoms with Crippen LogP contribution in [0, 0.1) is 5.82 Å². The van der Waals surface area contributed by atoms with Gasteiger partial charge in [0.25, 0.3) is 5.91 Å². The van der Waals surface area contributed by atoms with Crippen molar-refractivity contribution in [3.05, 3.63) is 65.0 Å². The van der Waals surface area contributed by atoms with Crippen molar-refractivity contribution in [1.82, 2.24) is 24.5 Å². The zero-order valence-electron chi connectivity index (χ0n) is 14.8. The van der Waals surface area contributed by atoms with Gasteiger partial charge in [-0.2, -0.15) is 10.2 Å². The molecule has 4 rings (SSSR count). The number of carbonyl (C=O) groups is 1. The highest BCUT2D eigenvalue weighted by molar-refractivity contribution is 5.94. The van der Waals surface area contributed by atoms with Crippen LogP contribution in [-0.2, 0) is 26.4 Å². The van der Waals surface area contributed by atoms with Gasteiger partial charge in [-0.05, 0) is 43.5 Å². The molecule has 0 aliphatic heterocycles. The lowest BCUT2D eigenvalue weighted by molar-refractivity contribution is 0.0777. The predicted octanol–water partition coefficient (Wildman–Crippen LogP) is 2.51. The Bertz CT molecular complexity index is 957. The summed E-state index contributed by atoms with van der Waals surface area (Å²) in [6.07, 6.45) is 6.37. The van der Waals surface area contributed by atoms with Crippen molar-refractivity contribution in [2.75, 3.05) is 7.05 Å². The molecule has 0 N–H and O–H groups in total. The highest BCUT2D eigenvalue weighted by Crippen LogP contribution is 2.28. The number of carbonyl (C=O) groups excluding carboxylic acids is 1. The van der Waals surface area contributed by atoms with Gasteiger partial charge in [0, 0.05) is 43.7 Å². The summed E-state index contributed by atoms with van der Waals surface area (Å²) in [6.45, 7) is 0.477. The molecule has 0 bridgehead atoms. The zero-order chi connectivity index (χ0) is 18.3. The molecule has 2 aromatic heterocycles. The van der Waals surface area contributed by atoms with E-state index in [1.807, 2.05) is 13.2 Å². The Labute approximate surface area is 150 Å². The van der Waals surface area contributed by atoms with E-state index in [0.29, 0.717) is 12.2 Å². The molecule has 0 saturated carbocycles. The average Bonchev–Trinajstić information content (AvgIpc) is 3.32. The molecule has 0 spiro atoms. The number of fused-ring (bicyclic) bond motifs is 1. The third-order valence-corrected chi connectivity index (χ3v) is 4.73. The second-order valence-electron chi connectivity index (χ2n) is 6.70. The molecule has 134 valence electrons. The number of hydrogen-bond donors (Lipinski definition) is 0. The van der Waals surface area contributed by atoms with Gasteiger partial charge in [-0.25, -0.2) is 9.07 Å². The van der Waals surface area contributed by atoms with E-state index in [2.05, 4.69) is 10.2 Å². The van der Waals surface area contributed by atoms with Gasteiger partial charge in [0.2, 0.25) is 0 Å². The van der Waals surface area contributed by atoms with Crippen molar-refractivity contribution >= 4 is 5.91 Å². The normalized spacial score (nSPS) is 13.0. The van der Waals surface area contributed by atoms with Crippen LogP contribution in [0.4, 0.5) is 4.39 Å². The van der Waals surface area contributed by atoms with Crippen molar-refractivity contribution in [2.24, 2.45) is 7.05 Å². The Hall–Kier alpha value is -2.96. The van der Waals surface area contributed by atoms with E-state index in [4.69, 9.17) is 0 Å². The summed E-state index contributed by atoms with van der Waals surface area (Å²) in [6, 6.07) is 6.20. The van der Waals surface area contributed by atoms with Crippen molar-refractivity contribution in [3.8, 4) is 5.69 Å². The number of rotatable bonds is 4. The van der Waals surface area contributed by atoms with E-state index >= 15 is 0 Å². The van der Waals surface area contributed by atoms with Crippen LogP contribution in [0.25, 0.3) is 5.69 Å². The molecule has 1 amide bonds. The first-order valence-corrected chi connectivity index (χ1v) is 8.62. The van der Waals surface area contributed by atoms with Crippen LogP contribution in [-0.4, -0.2) is 37.4 Å². The minimum Gasteiger partial charge on any atom is -0.336 e. The zero-order valence-corrected chi connectivity index (χ0v) is 14.8. The molecule has 0 fully saturated rings. The van der Waals surface area contributed by atoms with Gasteiger partial charge < -0.3 is 4.90 Å². The van der Waals surface area contributed by atoms with Crippen molar-refractivity contribution in [1.29, 1.82) is 0 Å². The number of aromatic nitrogens is 4. The molecule has 0 saturated heterocycles. The van der Waals surface area contributed by atoms with Crippen LogP contribution >= 0.6 is 0 Å². The van der Waals surface area contributed by atoms with E-state index < -0.39 is 0 Å². The molecule has 0 radical (unpaired) electrons. The molecule has 7 heteroatoms. The maximum atomic E-state index is 13.2. The van der Waals surface area contributed by atoms with E-state index in [1.165, 1.54) is 12.1 Å². The molecule has 1 aliphatic rings.